The summed E-state index contributed by atoms with van der Waals surface area (Å²) < 4.78 is 5.02. The van der Waals surface area contributed by atoms with Crippen molar-refractivity contribution in [3.63, 3.8) is 0 Å². The zero-order valence-electron chi connectivity index (χ0n) is 17.8. The normalized spacial score (nSPS) is 19.4. The Balaban J connectivity index is 1.45. The van der Waals surface area contributed by atoms with E-state index in [0.29, 0.717) is 23.5 Å². The molecule has 1 fully saturated rings. The molecule has 2 aromatic carbocycles. The fourth-order valence-electron chi connectivity index (χ4n) is 3.91. The van der Waals surface area contributed by atoms with Crippen LogP contribution >= 0.6 is 11.8 Å². The van der Waals surface area contributed by atoms with Crippen LogP contribution in [0, 0.1) is 0 Å². The maximum Gasteiger partial charge on any atom is 0.352 e. The average Bonchev–Trinajstić information content (AvgIpc) is 2.78. The highest BCUT2D eigenvalue weighted by Crippen LogP contribution is 2.41. The van der Waals surface area contributed by atoms with Gasteiger partial charge in [-0.05, 0) is 35.3 Å². The third-order valence-electron chi connectivity index (χ3n) is 5.38. The molecule has 2 atom stereocenters. The van der Waals surface area contributed by atoms with Crippen molar-refractivity contribution >= 4 is 35.5 Å². The maximum absolute atomic E-state index is 12.8. The van der Waals surface area contributed by atoms with Crippen molar-refractivity contribution < 1.29 is 29.0 Å². The Bertz CT molecular complexity index is 1130. The van der Waals surface area contributed by atoms with Crippen LogP contribution in [-0.2, 0) is 32.0 Å². The topological polar surface area (TPSA) is 113 Å². The molecule has 0 unspecified atom stereocenters. The molecule has 0 aromatic heterocycles. The van der Waals surface area contributed by atoms with Crippen molar-refractivity contribution in [2.24, 2.45) is 0 Å². The van der Waals surface area contributed by atoms with Crippen LogP contribution in [0.2, 0.25) is 0 Å². The van der Waals surface area contributed by atoms with Gasteiger partial charge in [-0.25, -0.2) is 4.79 Å². The lowest BCUT2D eigenvalue weighted by Gasteiger charge is -2.49. The quantitative estimate of drug-likeness (QED) is 0.365. The number of rotatable bonds is 7. The highest BCUT2D eigenvalue weighted by molar-refractivity contribution is 8.00. The van der Waals surface area contributed by atoms with Crippen LogP contribution in [0.4, 0.5) is 0 Å². The number of aliphatic carboxylic acids is 1. The number of nitrogens with one attached hydrogen (secondary N) is 1. The number of carboxylic acid groups (broad SMARTS) is 1. The van der Waals surface area contributed by atoms with Gasteiger partial charge in [-0.2, -0.15) is 0 Å². The van der Waals surface area contributed by atoms with E-state index in [1.165, 1.54) is 23.6 Å². The Morgan fingerprint density at radius 1 is 1.09 bits per heavy atom. The molecule has 0 aliphatic carbocycles. The predicted molar refractivity (Wildman–Crippen MR) is 121 cm³/mol. The van der Waals surface area contributed by atoms with Crippen molar-refractivity contribution in [2.45, 2.75) is 31.2 Å². The third-order valence-corrected chi connectivity index (χ3v) is 6.72. The molecule has 8 nitrogen and oxygen atoms in total. The summed E-state index contributed by atoms with van der Waals surface area (Å²) in [6, 6.07) is 15.3. The minimum Gasteiger partial charge on any atom is -0.477 e. The first-order valence-corrected chi connectivity index (χ1v) is 11.4. The maximum atomic E-state index is 12.8. The van der Waals surface area contributed by atoms with E-state index in [4.69, 9.17) is 4.74 Å². The van der Waals surface area contributed by atoms with E-state index in [2.05, 4.69) is 5.32 Å². The van der Waals surface area contributed by atoms with Crippen molar-refractivity contribution in [3.8, 4) is 5.75 Å². The molecule has 170 valence electrons. The van der Waals surface area contributed by atoms with Gasteiger partial charge in [-0.15, -0.1) is 11.8 Å². The van der Waals surface area contributed by atoms with E-state index in [9.17, 15) is 24.3 Å². The molecule has 2 aliphatic rings. The molecule has 2 heterocycles. The molecule has 0 spiro atoms. The summed E-state index contributed by atoms with van der Waals surface area (Å²) in [7, 11) is 0. The summed E-state index contributed by atoms with van der Waals surface area (Å²) >= 11 is 1.43. The van der Waals surface area contributed by atoms with E-state index < -0.39 is 29.3 Å². The molecule has 2 aromatic rings. The molecular formula is C24H22N2O6S. The van der Waals surface area contributed by atoms with Gasteiger partial charge in [0.05, 0.1) is 6.42 Å². The number of esters is 1. The van der Waals surface area contributed by atoms with Crippen LogP contribution in [0.3, 0.4) is 0 Å². The SMILES string of the molecule is CC(=O)Oc1ccc(CC2=C(C(=O)O)N3C(=O)[C@@H](NC(=O)Cc4ccccc4)[C@H]3SC2)cc1. The summed E-state index contributed by atoms with van der Waals surface area (Å²) in [4.78, 5) is 49.6. The van der Waals surface area contributed by atoms with Crippen LogP contribution in [0.25, 0.3) is 0 Å². The molecule has 33 heavy (non-hydrogen) atoms. The summed E-state index contributed by atoms with van der Waals surface area (Å²) in [5.74, 6) is -1.46. The van der Waals surface area contributed by atoms with Gasteiger partial charge >= 0.3 is 11.9 Å². The molecule has 9 heteroatoms. The number of fused-ring (bicyclic) bond motifs is 1. The van der Waals surface area contributed by atoms with Crippen LogP contribution in [0.1, 0.15) is 18.1 Å². The molecule has 0 saturated carbocycles. The zero-order valence-corrected chi connectivity index (χ0v) is 18.6. The van der Waals surface area contributed by atoms with Crippen LogP contribution < -0.4 is 10.1 Å². The lowest BCUT2D eigenvalue weighted by atomic mass is 9.98. The molecule has 2 N–H and O–H groups in total. The minimum atomic E-state index is -1.17. The molecule has 0 radical (unpaired) electrons. The molecule has 2 amide bonds. The fourth-order valence-corrected chi connectivity index (χ4v) is 5.26. The first-order valence-electron chi connectivity index (χ1n) is 10.3. The van der Waals surface area contributed by atoms with Crippen molar-refractivity contribution in [3.05, 3.63) is 77.0 Å². The Hall–Kier alpha value is -3.59. The first kappa shape index (κ1) is 22.6. The van der Waals surface area contributed by atoms with Crippen molar-refractivity contribution in [1.29, 1.82) is 0 Å². The number of carboxylic acids is 1. The van der Waals surface area contributed by atoms with Gasteiger partial charge in [0.2, 0.25) is 5.91 Å². The second-order valence-electron chi connectivity index (χ2n) is 7.79. The molecule has 4 rings (SSSR count). The number of amides is 2. The van der Waals surface area contributed by atoms with Gasteiger partial charge < -0.3 is 15.2 Å². The lowest BCUT2D eigenvalue weighted by Crippen LogP contribution is -2.70. The second-order valence-corrected chi connectivity index (χ2v) is 8.89. The standard InChI is InChI=1S/C24H22N2O6S/c1-14(27)32-18-9-7-16(8-10-18)11-17-13-33-23-20(22(29)26(23)21(17)24(30)31)25-19(28)12-15-5-3-2-4-6-15/h2-10,20,23H,11-13H2,1H3,(H,25,28)(H,30,31)/t20-,23-/m1/s1. The molecular weight excluding hydrogens is 444 g/mol. The lowest BCUT2D eigenvalue weighted by molar-refractivity contribution is -0.150. The van der Waals surface area contributed by atoms with Gasteiger partial charge in [0.25, 0.3) is 5.91 Å². The predicted octanol–water partition coefficient (Wildman–Crippen LogP) is 2.14. The summed E-state index contributed by atoms with van der Waals surface area (Å²) in [5.41, 5.74) is 2.26. The van der Waals surface area contributed by atoms with Crippen LogP contribution in [0.15, 0.2) is 65.9 Å². The Morgan fingerprint density at radius 3 is 2.42 bits per heavy atom. The average molecular weight is 467 g/mol. The van der Waals surface area contributed by atoms with Gasteiger partial charge in [-0.3, -0.25) is 19.3 Å². The number of hydrogen-bond acceptors (Lipinski definition) is 6. The van der Waals surface area contributed by atoms with Gasteiger partial charge in [0.15, 0.2) is 0 Å². The summed E-state index contributed by atoms with van der Waals surface area (Å²) in [5, 5.41) is 12.1. The number of nitrogens with zero attached hydrogens (tertiary/aromatic N) is 1. The summed E-state index contributed by atoms with van der Waals surface area (Å²) in [6.45, 7) is 1.31. The number of hydrogen-bond donors (Lipinski definition) is 2. The molecule has 1 saturated heterocycles. The van der Waals surface area contributed by atoms with Gasteiger partial charge in [0.1, 0.15) is 22.9 Å². The van der Waals surface area contributed by atoms with E-state index in [0.717, 1.165) is 11.1 Å². The number of benzene rings is 2. The number of thioether (sulfide) groups is 1. The number of carbonyl (C=O) groups is 4. The van der Waals surface area contributed by atoms with Gasteiger partial charge in [-0.1, -0.05) is 42.5 Å². The van der Waals surface area contributed by atoms with Crippen molar-refractivity contribution in [2.75, 3.05) is 5.75 Å². The van der Waals surface area contributed by atoms with Crippen LogP contribution in [0.5, 0.6) is 5.75 Å². The highest BCUT2D eigenvalue weighted by atomic mass is 32.2. The zero-order chi connectivity index (χ0) is 23.5. The highest BCUT2D eigenvalue weighted by Gasteiger charge is 2.54. The molecule has 2 aliphatic heterocycles. The Labute approximate surface area is 194 Å². The van der Waals surface area contributed by atoms with Crippen LogP contribution in [-0.4, -0.2) is 50.9 Å². The number of β-lactam (4-membered cyclic amide) rings is 1. The first-order chi connectivity index (χ1) is 15.8. The van der Waals surface area contributed by atoms with Crippen molar-refractivity contribution in [1.82, 2.24) is 10.2 Å². The van der Waals surface area contributed by atoms with E-state index >= 15 is 0 Å². The Kier molecular flexibility index (Phi) is 6.50. The second kappa shape index (κ2) is 9.50. The monoisotopic (exact) mass is 466 g/mol. The smallest absolute Gasteiger partial charge is 0.352 e. The van der Waals surface area contributed by atoms with E-state index in [1.54, 1.807) is 24.3 Å². The van der Waals surface area contributed by atoms with E-state index in [-0.39, 0.29) is 18.0 Å². The molecule has 0 bridgehead atoms. The number of carbonyl (C=O) groups excluding carboxylic acids is 3. The largest absolute Gasteiger partial charge is 0.477 e. The fraction of sp³-hybridized carbons (Fsp3) is 0.250. The Morgan fingerprint density at radius 2 is 1.79 bits per heavy atom. The van der Waals surface area contributed by atoms with Gasteiger partial charge in [0, 0.05) is 12.7 Å². The number of ether oxygens (including phenoxy) is 1. The minimum absolute atomic E-state index is 0.0265. The third kappa shape index (κ3) is 4.93. The van der Waals surface area contributed by atoms with E-state index in [1.807, 2.05) is 30.3 Å². The summed E-state index contributed by atoms with van der Waals surface area (Å²) in [6.07, 6.45) is 0.495.